The Hall–Kier alpha value is -12.3. The second-order valence-corrected chi connectivity index (χ2v) is 27.1. The smallest absolute Gasteiger partial charge is 0.252 e. The van der Waals surface area contributed by atoms with E-state index in [0.29, 0.717) is 61.9 Å². The number of para-hydroxylation sites is 7. The lowest BCUT2D eigenvalue weighted by atomic mass is 9.33. The van der Waals surface area contributed by atoms with E-state index in [2.05, 4.69) is 111 Å². The average molecular weight is 1260 g/mol. The minimum atomic E-state index is -0.857. The molecule has 9 heteroatoms. The molecule has 0 spiro atoms. The summed E-state index contributed by atoms with van der Waals surface area (Å²) in [6.45, 7) is 11.9. The second-order valence-electron chi connectivity index (χ2n) is 27.1. The maximum Gasteiger partial charge on any atom is 0.252 e. The Balaban J connectivity index is 0.982. The fourth-order valence-corrected chi connectivity index (χ4v) is 15.4. The number of hydrogen-bond acceptors (Lipinski definition) is 4. The summed E-state index contributed by atoms with van der Waals surface area (Å²) in [5, 5.41) is 27.7. The van der Waals surface area contributed by atoms with Gasteiger partial charge in [-0.15, -0.1) is 0 Å². The van der Waals surface area contributed by atoms with Crippen LogP contribution in [0.5, 0.6) is 0 Å². The molecular weight excluding hydrogens is 1180 g/mol. The number of fused-ring (bicyclic) bond motifs is 16. The first-order valence-corrected chi connectivity index (χ1v) is 32.2. The fourth-order valence-electron chi connectivity index (χ4n) is 15.4. The number of nitriles is 2. The van der Waals surface area contributed by atoms with Gasteiger partial charge in [0.05, 0.1) is 88.7 Å². The molecule has 0 saturated carbocycles. The maximum absolute atomic E-state index is 12.4. The zero-order chi connectivity index (χ0) is 79.3. The first kappa shape index (κ1) is 42.1. The molecule has 2 aliphatic rings. The van der Waals surface area contributed by atoms with Gasteiger partial charge in [-0.1, -0.05) is 193 Å². The van der Waals surface area contributed by atoms with Crippen LogP contribution >= 0.6 is 0 Å². The molecule has 19 rings (SSSR count). The molecule has 17 aromatic rings. The van der Waals surface area contributed by atoms with Gasteiger partial charge in [-0.05, 0) is 160 Å². The summed E-state index contributed by atoms with van der Waals surface area (Å²) in [5.41, 5.74) is 10.8. The first-order chi connectivity index (χ1) is 54.0. The van der Waals surface area contributed by atoms with Crippen LogP contribution in [-0.4, -0.2) is 25.0 Å². The molecule has 13 aromatic carbocycles. The van der Waals surface area contributed by atoms with Crippen molar-refractivity contribution in [2.24, 2.45) is 0 Å². The van der Waals surface area contributed by atoms with Crippen molar-refractivity contribution in [3.8, 4) is 34.9 Å². The van der Waals surface area contributed by atoms with Crippen LogP contribution in [0.3, 0.4) is 0 Å². The standard InChI is InChI=1S/C88H63BN8/c1-87(2,3)55-39-45-80-67(46-55)66-28-13-20-35-77(66)95(80)78-36-21-37-79(68(78)53-91)96-82-50-58(93-73-31-16-9-24-62(73)63-25-10-17-32-74(63)93)41-43-69(82)89-70-44-42-59(94-75-33-18-11-26-64(75)65-27-12-19-34-76(65)94)51-83(70)97(85-48-56(88(4,5)6)47-84(96)86(85)89)81-49-57(40-38-54(81)52-90)92-71-29-14-7-22-60(71)61-23-8-15-30-72(61)92/h7-51H,1-6H3/i9D,10D,11D,12D,16D,17D,18D,19D,24D,25D,26D,27D,31D,32D,33D,34D. The number of nitrogens with zero attached hydrogens (tertiary/aromatic N) is 8. The van der Waals surface area contributed by atoms with Crippen LogP contribution in [-0.2, 0) is 10.8 Å². The Morgan fingerprint density at radius 2 is 0.732 bits per heavy atom. The van der Waals surface area contributed by atoms with Crippen molar-refractivity contribution in [2.45, 2.75) is 52.4 Å². The highest BCUT2D eigenvalue weighted by Gasteiger charge is 2.46. The molecule has 6 heterocycles. The van der Waals surface area contributed by atoms with Gasteiger partial charge in [0.2, 0.25) is 0 Å². The van der Waals surface area contributed by atoms with E-state index in [4.69, 9.17) is 8.22 Å². The van der Waals surface area contributed by atoms with E-state index in [1.807, 2.05) is 119 Å². The Bertz CT molecular complexity index is 7150. The fraction of sp³-hybridized carbons (Fsp3) is 0.0909. The van der Waals surface area contributed by atoms with Gasteiger partial charge in [0, 0.05) is 82.9 Å². The zero-order valence-corrected chi connectivity index (χ0v) is 53.4. The lowest BCUT2D eigenvalue weighted by Crippen LogP contribution is -2.61. The Morgan fingerprint density at radius 3 is 1.22 bits per heavy atom. The van der Waals surface area contributed by atoms with Crippen LogP contribution in [0.25, 0.3) is 110 Å². The van der Waals surface area contributed by atoms with E-state index in [1.165, 1.54) is 9.13 Å². The normalized spacial score (nSPS) is 15.3. The van der Waals surface area contributed by atoms with E-state index in [1.54, 1.807) is 18.2 Å². The topological polar surface area (TPSA) is 73.8 Å². The molecule has 0 aliphatic carbocycles. The molecule has 0 bridgehead atoms. The molecule has 0 fully saturated rings. The molecule has 0 saturated heterocycles. The van der Waals surface area contributed by atoms with Gasteiger partial charge in [0.25, 0.3) is 6.71 Å². The summed E-state index contributed by atoms with van der Waals surface area (Å²) in [6.07, 6.45) is 0. The molecule has 4 aromatic heterocycles. The zero-order valence-electron chi connectivity index (χ0n) is 69.4. The van der Waals surface area contributed by atoms with Crippen LogP contribution in [0.15, 0.2) is 273 Å². The molecule has 0 radical (unpaired) electrons. The lowest BCUT2D eigenvalue weighted by Gasteiger charge is -2.45. The largest absolute Gasteiger partial charge is 0.310 e. The predicted molar refractivity (Wildman–Crippen MR) is 405 cm³/mol. The van der Waals surface area contributed by atoms with Crippen molar-refractivity contribution < 1.29 is 21.9 Å². The summed E-state index contributed by atoms with van der Waals surface area (Å²) in [5.74, 6) is 0. The predicted octanol–water partition coefficient (Wildman–Crippen LogP) is 20.5. The average Bonchev–Trinajstić information content (AvgIpc) is 1.26. The second kappa shape index (κ2) is 20.6. The lowest BCUT2D eigenvalue weighted by molar-refractivity contribution is 0.590. The molecule has 0 unspecified atom stereocenters. The van der Waals surface area contributed by atoms with E-state index in [9.17, 15) is 24.2 Å². The highest BCUT2D eigenvalue weighted by atomic mass is 15.2. The van der Waals surface area contributed by atoms with Gasteiger partial charge >= 0.3 is 0 Å². The quantitative estimate of drug-likeness (QED) is 0.156. The van der Waals surface area contributed by atoms with Crippen LogP contribution < -0.4 is 26.2 Å². The van der Waals surface area contributed by atoms with Crippen molar-refractivity contribution in [3.63, 3.8) is 0 Å². The van der Waals surface area contributed by atoms with Gasteiger partial charge in [-0.25, -0.2) is 0 Å². The molecule has 0 atom stereocenters. The van der Waals surface area contributed by atoms with Crippen LogP contribution in [0.4, 0.5) is 34.1 Å². The van der Waals surface area contributed by atoms with Crippen molar-refractivity contribution in [1.82, 2.24) is 18.3 Å². The summed E-state index contributed by atoms with van der Waals surface area (Å²) >= 11 is 0. The Morgan fingerprint density at radius 1 is 0.320 bits per heavy atom. The van der Waals surface area contributed by atoms with Gasteiger partial charge in [-0.2, -0.15) is 10.5 Å². The van der Waals surface area contributed by atoms with Gasteiger partial charge < -0.3 is 28.1 Å². The SMILES string of the molecule is [2H]c1c([2H])c([2H])c2c(c1[2H])c1c([2H])c([2H])c([2H])c([2H])c1n2-c1ccc2c(c1)N(c1cc(-n3c4ccccc4c4ccccc43)ccc1C#N)c1cc(C(C)(C)C)cc3c1B2c1ccc(-n2c4c([2H])c([2H])c([2H])c([2H])c4c4c([2H])c([2H])c([2H])c([2H])c42)cc1N3c1cccc(-n2c3ccccc3c3cc(C(C)(C)C)ccc32)c1C#N. The van der Waals surface area contributed by atoms with Gasteiger partial charge in [-0.3, -0.25) is 0 Å². The van der Waals surface area contributed by atoms with E-state index in [-0.39, 0.29) is 71.5 Å². The molecule has 2 aliphatic heterocycles. The molecule has 0 N–H and O–H groups in total. The molecule has 0 amide bonds. The minimum Gasteiger partial charge on any atom is -0.310 e. The van der Waals surface area contributed by atoms with Crippen LogP contribution in [0.1, 0.15) is 85.7 Å². The van der Waals surface area contributed by atoms with Crippen LogP contribution in [0, 0.1) is 22.7 Å². The van der Waals surface area contributed by atoms with Gasteiger partial charge in [0.15, 0.2) is 0 Å². The first-order valence-electron chi connectivity index (χ1n) is 40.2. The number of benzene rings is 13. The summed E-state index contributed by atoms with van der Waals surface area (Å²) in [6, 6.07) is 53.6. The maximum atomic E-state index is 12.4. The van der Waals surface area contributed by atoms with Crippen LogP contribution in [0.2, 0.25) is 0 Å². The number of aromatic nitrogens is 4. The summed E-state index contributed by atoms with van der Waals surface area (Å²) in [7, 11) is 0. The number of hydrogen-bond donors (Lipinski definition) is 0. The number of anilines is 6. The van der Waals surface area contributed by atoms with E-state index in [0.717, 1.165) is 54.7 Å². The molecule has 97 heavy (non-hydrogen) atoms. The summed E-state index contributed by atoms with van der Waals surface area (Å²) in [4.78, 5) is 4.06. The molecule has 8 nitrogen and oxygen atoms in total. The molecular formula is C88H63BN8. The summed E-state index contributed by atoms with van der Waals surface area (Å²) < 4.78 is 157. The van der Waals surface area contributed by atoms with Crippen molar-refractivity contribution in [2.75, 3.05) is 9.80 Å². The highest BCUT2D eigenvalue weighted by Crippen LogP contribution is 2.51. The van der Waals surface area contributed by atoms with E-state index < -0.39 is 109 Å². The third kappa shape index (κ3) is 8.10. The van der Waals surface area contributed by atoms with Crippen molar-refractivity contribution >= 4 is 144 Å². The van der Waals surface area contributed by atoms with E-state index >= 15 is 0 Å². The highest BCUT2D eigenvalue weighted by molar-refractivity contribution is 7.00. The minimum absolute atomic E-state index is 0.110. The monoisotopic (exact) mass is 1260 g/mol. The Kier molecular flexibility index (Phi) is 8.95. The van der Waals surface area contributed by atoms with Crippen molar-refractivity contribution in [1.29, 1.82) is 10.5 Å². The third-order valence-corrected chi connectivity index (χ3v) is 19.8. The molecule has 458 valence electrons. The van der Waals surface area contributed by atoms with Crippen molar-refractivity contribution in [3.05, 3.63) is 295 Å². The van der Waals surface area contributed by atoms with Gasteiger partial charge in [0.1, 0.15) is 17.7 Å². The number of rotatable bonds is 6. The third-order valence-electron chi connectivity index (χ3n) is 19.8. The Labute approximate surface area is 584 Å².